The highest BCUT2D eigenvalue weighted by Gasteiger charge is 2.28. The Morgan fingerprint density at radius 3 is 2.45 bits per heavy atom. The molecule has 7 nitrogen and oxygen atoms in total. The lowest BCUT2D eigenvalue weighted by Gasteiger charge is -2.29. The first-order chi connectivity index (χ1) is 14.7. The number of fused-ring (bicyclic) bond motifs is 1. The normalized spacial score (nSPS) is 13.4. The number of nitrogens with zero attached hydrogens (tertiary/aromatic N) is 1. The summed E-state index contributed by atoms with van der Waals surface area (Å²) >= 11 is 0. The van der Waals surface area contributed by atoms with E-state index < -0.39 is 15.9 Å². The van der Waals surface area contributed by atoms with Crippen LogP contribution in [0, 0.1) is 13.8 Å². The molecule has 0 saturated heterocycles. The molecular weight excluding hydrogens is 414 g/mol. The third kappa shape index (κ3) is 4.15. The van der Waals surface area contributed by atoms with Gasteiger partial charge in [0.1, 0.15) is 6.54 Å². The summed E-state index contributed by atoms with van der Waals surface area (Å²) in [5, 5.41) is 2.73. The molecule has 1 aliphatic heterocycles. The van der Waals surface area contributed by atoms with Crippen molar-refractivity contribution in [1.29, 1.82) is 0 Å². The van der Waals surface area contributed by atoms with Crippen molar-refractivity contribution in [2.24, 2.45) is 0 Å². The van der Waals surface area contributed by atoms with Crippen molar-refractivity contribution >= 4 is 38.9 Å². The van der Waals surface area contributed by atoms with Crippen LogP contribution in [0.3, 0.4) is 0 Å². The minimum absolute atomic E-state index is 0.00803. The molecule has 0 unspecified atom stereocenters. The maximum atomic E-state index is 13.2. The molecular formula is C23H21N3O4S. The zero-order chi connectivity index (χ0) is 22.2. The van der Waals surface area contributed by atoms with Gasteiger partial charge in [-0.05, 0) is 55.8 Å². The number of hydrogen-bond donors (Lipinski definition) is 2. The van der Waals surface area contributed by atoms with Crippen molar-refractivity contribution in [3.63, 3.8) is 0 Å². The molecule has 0 bridgehead atoms. The topological polar surface area (TPSA) is 95.6 Å². The highest BCUT2D eigenvalue weighted by molar-refractivity contribution is 7.92. The van der Waals surface area contributed by atoms with Crippen molar-refractivity contribution in [2.75, 3.05) is 21.5 Å². The summed E-state index contributed by atoms with van der Waals surface area (Å²) in [6.07, 6.45) is 0. The van der Waals surface area contributed by atoms with Crippen LogP contribution in [0.25, 0.3) is 0 Å². The third-order valence-corrected chi connectivity index (χ3v) is 6.57. The molecule has 0 atom stereocenters. The number of carbonyl (C=O) groups excluding carboxylic acids is 2. The fraction of sp³-hybridized carbons (Fsp3) is 0.130. The van der Waals surface area contributed by atoms with Gasteiger partial charge in [-0.1, -0.05) is 35.9 Å². The fourth-order valence-electron chi connectivity index (χ4n) is 3.42. The molecule has 1 heterocycles. The van der Waals surface area contributed by atoms with Gasteiger partial charge in [0.2, 0.25) is 5.91 Å². The lowest BCUT2D eigenvalue weighted by atomic mass is 10.1. The van der Waals surface area contributed by atoms with Crippen LogP contribution in [0.2, 0.25) is 0 Å². The molecule has 31 heavy (non-hydrogen) atoms. The van der Waals surface area contributed by atoms with E-state index in [2.05, 4.69) is 10.0 Å². The van der Waals surface area contributed by atoms with E-state index in [1.54, 1.807) is 55.5 Å². The maximum Gasteiger partial charge on any atom is 0.262 e. The van der Waals surface area contributed by atoms with Crippen LogP contribution in [0.4, 0.5) is 17.1 Å². The van der Waals surface area contributed by atoms with Gasteiger partial charge in [0.15, 0.2) is 0 Å². The molecule has 4 rings (SSSR count). The van der Waals surface area contributed by atoms with E-state index in [-0.39, 0.29) is 22.9 Å². The number of amides is 2. The summed E-state index contributed by atoms with van der Waals surface area (Å²) in [4.78, 5) is 26.7. The molecule has 8 heteroatoms. The molecule has 2 amide bonds. The molecule has 0 radical (unpaired) electrons. The number of anilines is 3. The van der Waals surface area contributed by atoms with Crippen molar-refractivity contribution < 1.29 is 18.0 Å². The van der Waals surface area contributed by atoms with Gasteiger partial charge in [-0.25, -0.2) is 8.42 Å². The second-order valence-electron chi connectivity index (χ2n) is 7.41. The second kappa shape index (κ2) is 7.88. The van der Waals surface area contributed by atoms with E-state index >= 15 is 0 Å². The SMILES string of the molecule is Cc1ccc(NS(=O)(=O)c2cc(C(=O)N3CC(=O)Nc4ccccc43)ccc2C)cc1. The minimum atomic E-state index is -3.91. The lowest BCUT2D eigenvalue weighted by Crippen LogP contribution is -2.42. The zero-order valence-electron chi connectivity index (χ0n) is 17.0. The van der Waals surface area contributed by atoms with Gasteiger partial charge in [0.25, 0.3) is 15.9 Å². The maximum absolute atomic E-state index is 13.2. The van der Waals surface area contributed by atoms with Gasteiger partial charge in [-0.15, -0.1) is 0 Å². The largest absolute Gasteiger partial charge is 0.323 e. The Kier molecular flexibility index (Phi) is 5.24. The number of aryl methyl sites for hydroxylation is 2. The molecule has 1 aliphatic rings. The summed E-state index contributed by atoms with van der Waals surface area (Å²) in [5.74, 6) is -0.762. The summed E-state index contributed by atoms with van der Waals surface area (Å²) in [5.41, 5.74) is 3.23. The lowest BCUT2D eigenvalue weighted by molar-refractivity contribution is -0.115. The number of sulfonamides is 1. The Balaban J connectivity index is 1.69. The molecule has 0 aromatic heterocycles. The Hall–Kier alpha value is -3.65. The number of carbonyl (C=O) groups is 2. The van der Waals surface area contributed by atoms with E-state index in [0.29, 0.717) is 22.6 Å². The first-order valence-electron chi connectivity index (χ1n) is 9.65. The summed E-state index contributed by atoms with van der Waals surface area (Å²) in [6.45, 7) is 3.44. The molecule has 0 saturated carbocycles. The van der Waals surface area contributed by atoms with Crippen LogP contribution in [-0.2, 0) is 14.8 Å². The van der Waals surface area contributed by atoms with Crippen molar-refractivity contribution in [3.8, 4) is 0 Å². The number of benzene rings is 3. The Labute approximate surface area is 180 Å². The van der Waals surface area contributed by atoms with Crippen LogP contribution in [0.15, 0.2) is 71.6 Å². The summed E-state index contributed by atoms with van der Waals surface area (Å²) in [6, 6.07) is 18.5. The van der Waals surface area contributed by atoms with Crippen LogP contribution in [0.1, 0.15) is 21.5 Å². The first kappa shape index (κ1) is 20.6. The average Bonchev–Trinajstić information content (AvgIpc) is 2.74. The highest BCUT2D eigenvalue weighted by atomic mass is 32.2. The van der Waals surface area contributed by atoms with E-state index in [1.165, 1.54) is 11.0 Å². The summed E-state index contributed by atoms with van der Waals surface area (Å²) in [7, 11) is -3.91. The van der Waals surface area contributed by atoms with Crippen molar-refractivity contribution in [1.82, 2.24) is 0 Å². The quantitative estimate of drug-likeness (QED) is 0.653. The van der Waals surface area contributed by atoms with Gasteiger partial charge in [0, 0.05) is 11.3 Å². The fourth-order valence-corrected chi connectivity index (χ4v) is 4.76. The van der Waals surface area contributed by atoms with E-state index in [0.717, 1.165) is 5.56 Å². The van der Waals surface area contributed by atoms with Gasteiger partial charge in [0.05, 0.1) is 16.3 Å². The molecule has 3 aromatic carbocycles. The standard InChI is InChI=1S/C23H21N3O4S/c1-15-7-11-18(12-8-15)25-31(29,30)21-13-17(10-9-16(21)2)23(28)26-14-22(27)24-19-5-3-4-6-20(19)26/h3-13,25H,14H2,1-2H3,(H,24,27). The summed E-state index contributed by atoms with van der Waals surface area (Å²) < 4.78 is 28.6. The van der Waals surface area contributed by atoms with E-state index in [4.69, 9.17) is 0 Å². The van der Waals surface area contributed by atoms with Gasteiger partial charge < -0.3 is 5.32 Å². The number of hydrogen-bond acceptors (Lipinski definition) is 4. The number of nitrogens with one attached hydrogen (secondary N) is 2. The van der Waals surface area contributed by atoms with Crippen LogP contribution >= 0.6 is 0 Å². The van der Waals surface area contributed by atoms with Crippen molar-refractivity contribution in [2.45, 2.75) is 18.7 Å². The van der Waals surface area contributed by atoms with Crippen molar-refractivity contribution in [3.05, 3.63) is 83.4 Å². The first-order valence-corrected chi connectivity index (χ1v) is 11.1. The smallest absolute Gasteiger partial charge is 0.262 e. The molecule has 0 spiro atoms. The molecule has 3 aromatic rings. The zero-order valence-corrected chi connectivity index (χ0v) is 17.9. The van der Waals surface area contributed by atoms with E-state index in [1.807, 2.05) is 19.1 Å². The molecule has 0 fully saturated rings. The minimum Gasteiger partial charge on any atom is -0.323 e. The second-order valence-corrected chi connectivity index (χ2v) is 9.06. The molecule has 2 N–H and O–H groups in total. The van der Waals surface area contributed by atoms with E-state index in [9.17, 15) is 18.0 Å². The molecule has 158 valence electrons. The van der Waals surface area contributed by atoms with Crippen LogP contribution in [0.5, 0.6) is 0 Å². The Morgan fingerprint density at radius 2 is 1.71 bits per heavy atom. The van der Waals surface area contributed by atoms with Gasteiger partial charge in [-0.3, -0.25) is 19.2 Å². The Morgan fingerprint density at radius 1 is 1.00 bits per heavy atom. The Bertz CT molecular complexity index is 1280. The number of rotatable bonds is 4. The predicted octanol–water partition coefficient (Wildman–Crippen LogP) is 3.70. The van der Waals surface area contributed by atoms with Crippen LogP contribution in [-0.4, -0.2) is 26.8 Å². The monoisotopic (exact) mass is 435 g/mol. The van der Waals surface area contributed by atoms with Crippen LogP contribution < -0.4 is 14.9 Å². The molecule has 0 aliphatic carbocycles. The van der Waals surface area contributed by atoms with Gasteiger partial charge in [-0.2, -0.15) is 0 Å². The van der Waals surface area contributed by atoms with Gasteiger partial charge >= 0.3 is 0 Å². The third-order valence-electron chi connectivity index (χ3n) is 5.04. The number of para-hydroxylation sites is 2. The predicted molar refractivity (Wildman–Crippen MR) is 120 cm³/mol. The average molecular weight is 436 g/mol. The highest BCUT2D eigenvalue weighted by Crippen LogP contribution is 2.31.